The summed E-state index contributed by atoms with van der Waals surface area (Å²) in [6.07, 6.45) is -0.855. The Labute approximate surface area is 147 Å². The number of carbonyl (C=O) groups excluding carboxylic acids is 1. The first-order valence-corrected chi connectivity index (χ1v) is 8.40. The maximum atomic E-state index is 12.2. The van der Waals surface area contributed by atoms with Crippen LogP contribution >= 0.6 is 0 Å². The van der Waals surface area contributed by atoms with Crippen molar-refractivity contribution in [1.29, 1.82) is 0 Å². The molecule has 132 valence electrons. The van der Waals surface area contributed by atoms with E-state index < -0.39 is 23.8 Å². The number of amides is 1. The third-order valence-corrected chi connectivity index (χ3v) is 4.42. The van der Waals surface area contributed by atoms with Gasteiger partial charge in [-0.25, -0.2) is 4.79 Å². The quantitative estimate of drug-likeness (QED) is 0.760. The van der Waals surface area contributed by atoms with Crippen LogP contribution in [0.4, 0.5) is 4.79 Å². The van der Waals surface area contributed by atoms with Gasteiger partial charge in [0.1, 0.15) is 18.3 Å². The van der Waals surface area contributed by atoms with Gasteiger partial charge >= 0.3 is 6.09 Å². The molecule has 0 saturated carbocycles. The molecule has 1 heterocycles. The molecular weight excluding hydrogens is 318 g/mol. The van der Waals surface area contributed by atoms with Crippen molar-refractivity contribution in [3.8, 4) is 0 Å². The lowest BCUT2D eigenvalue weighted by molar-refractivity contribution is 0.0469. The minimum atomic E-state index is -0.808. The van der Waals surface area contributed by atoms with Crippen molar-refractivity contribution in [3.63, 3.8) is 0 Å². The van der Waals surface area contributed by atoms with Crippen LogP contribution in [0.15, 0.2) is 60.7 Å². The van der Waals surface area contributed by atoms with Gasteiger partial charge in [0.25, 0.3) is 0 Å². The smallest absolute Gasteiger partial charge is 0.407 e. The number of nitrogens with one attached hydrogen (secondary N) is 1. The number of benzene rings is 2. The van der Waals surface area contributed by atoms with E-state index in [9.17, 15) is 9.90 Å². The normalized spacial score (nSPS) is 21.2. The topological polar surface area (TPSA) is 71.1 Å². The third kappa shape index (κ3) is 4.81. The molecular formula is C20H23NO4. The summed E-state index contributed by atoms with van der Waals surface area (Å²) in [5.41, 5.74) is 1.33. The minimum Gasteiger partial charge on any atom is -0.445 e. The zero-order chi connectivity index (χ0) is 17.7. The maximum Gasteiger partial charge on any atom is 0.407 e. The second kappa shape index (κ2) is 7.68. The van der Waals surface area contributed by atoms with Crippen LogP contribution in [-0.4, -0.2) is 35.6 Å². The van der Waals surface area contributed by atoms with Crippen LogP contribution in [-0.2, 0) is 22.5 Å². The molecule has 25 heavy (non-hydrogen) atoms. The molecule has 1 fully saturated rings. The molecule has 5 heteroatoms. The lowest BCUT2D eigenvalue weighted by Gasteiger charge is -2.26. The summed E-state index contributed by atoms with van der Waals surface area (Å²) in [6, 6.07) is 18.7. The van der Waals surface area contributed by atoms with E-state index in [1.54, 1.807) is 0 Å². The number of alkyl carbamates (subject to hydrolysis) is 1. The number of hydrogen-bond donors (Lipinski definition) is 2. The summed E-state index contributed by atoms with van der Waals surface area (Å²) in [5, 5.41) is 13.4. The Kier molecular flexibility index (Phi) is 5.36. The molecule has 0 spiro atoms. The summed E-state index contributed by atoms with van der Waals surface area (Å²) in [5.74, 6) is 0. The summed E-state index contributed by atoms with van der Waals surface area (Å²) in [6.45, 7) is 2.52. The summed E-state index contributed by atoms with van der Waals surface area (Å²) < 4.78 is 10.6. The van der Waals surface area contributed by atoms with Crippen LogP contribution in [0.5, 0.6) is 0 Å². The molecule has 2 aromatic carbocycles. The predicted octanol–water partition coefficient (Wildman–Crippen LogP) is 2.67. The van der Waals surface area contributed by atoms with E-state index in [4.69, 9.17) is 9.47 Å². The Morgan fingerprint density at radius 3 is 2.28 bits per heavy atom. The highest BCUT2D eigenvalue weighted by Gasteiger charge is 2.50. The molecule has 5 nitrogen and oxygen atoms in total. The van der Waals surface area contributed by atoms with Crippen LogP contribution in [0.25, 0.3) is 0 Å². The maximum absolute atomic E-state index is 12.2. The lowest BCUT2D eigenvalue weighted by Crippen LogP contribution is -2.50. The van der Waals surface area contributed by atoms with E-state index in [1.807, 2.05) is 67.6 Å². The largest absolute Gasteiger partial charge is 0.445 e. The van der Waals surface area contributed by atoms with Gasteiger partial charge in [0.15, 0.2) is 0 Å². The molecule has 0 unspecified atom stereocenters. The molecule has 0 aromatic heterocycles. The second-order valence-electron chi connectivity index (χ2n) is 6.55. The molecule has 3 atom stereocenters. The fourth-order valence-corrected chi connectivity index (χ4v) is 2.74. The van der Waals surface area contributed by atoms with Crippen molar-refractivity contribution in [2.75, 3.05) is 6.61 Å². The van der Waals surface area contributed by atoms with Crippen molar-refractivity contribution in [3.05, 3.63) is 71.8 Å². The highest BCUT2D eigenvalue weighted by molar-refractivity contribution is 5.67. The van der Waals surface area contributed by atoms with Crippen LogP contribution in [0, 0.1) is 0 Å². The first-order valence-electron chi connectivity index (χ1n) is 8.40. The first-order chi connectivity index (χ1) is 12.1. The number of aliphatic hydroxyl groups is 1. The number of rotatable bonds is 7. The molecule has 0 aliphatic carbocycles. The lowest BCUT2D eigenvalue weighted by atomic mass is 9.93. The molecule has 2 N–H and O–H groups in total. The molecule has 2 aromatic rings. The van der Waals surface area contributed by atoms with E-state index in [0.717, 1.165) is 11.1 Å². The summed E-state index contributed by atoms with van der Waals surface area (Å²) in [7, 11) is 0. The Bertz CT molecular complexity index is 685. The van der Waals surface area contributed by atoms with Crippen molar-refractivity contribution in [2.45, 2.75) is 37.7 Å². The van der Waals surface area contributed by atoms with Crippen molar-refractivity contribution >= 4 is 6.09 Å². The van der Waals surface area contributed by atoms with Gasteiger partial charge in [0.05, 0.1) is 12.6 Å². The van der Waals surface area contributed by atoms with Gasteiger partial charge in [-0.1, -0.05) is 60.7 Å². The van der Waals surface area contributed by atoms with Crippen molar-refractivity contribution in [2.24, 2.45) is 0 Å². The Hall–Kier alpha value is -2.37. The molecule has 1 aliphatic heterocycles. The highest BCUT2D eigenvalue weighted by atomic mass is 16.6. The Morgan fingerprint density at radius 2 is 1.72 bits per heavy atom. The Morgan fingerprint density at radius 1 is 1.16 bits per heavy atom. The summed E-state index contributed by atoms with van der Waals surface area (Å²) in [4.78, 5) is 12.2. The minimum absolute atomic E-state index is 0.189. The van der Waals surface area contributed by atoms with Crippen LogP contribution < -0.4 is 5.32 Å². The van der Waals surface area contributed by atoms with Crippen molar-refractivity contribution < 1.29 is 19.4 Å². The van der Waals surface area contributed by atoms with E-state index in [-0.39, 0.29) is 6.61 Å². The molecule has 1 amide bonds. The first kappa shape index (κ1) is 17.5. The molecule has 3 rings (SSSR count). The SMILES string of the molecule is C[C@]1([C@@H](O)[C@H](Cc2ccccc2)NC(=O)OCc2ccccc2)CO1. The highest BCUT2D eigenvalue weighted by Crippen LogP contribution is 2.32. The van der Waals surface area contributed by atoms with Gasteiger partial charge in [-0.2, -0.15) is 0 Å². The van der Waals surface area contributed by atoms with Gasteiger partial charge < -0.3 is 19.9 Å². The number of carbonyl (C=O) groups is 1. The van der Waals surface area contributed by atoms with E-state index >= 15 is 0 Å². The average Bonchev–Trinajstić information content (AvgIpc) is 3.39. The Balaban J connectivity index is 1.61. The standard InChI is InChI=1S/C20H23NO4/c1-20(14-25-20)18(22)17(12-15-8-4-2-5-9-15)21-19(23)24-13-16-10-6-3-7-11-16/h2-11,17-18,22H,12-14H2,1H3,(H,21,23)/t17-,18-,20+/m0/s1. The zero-order valence-electron chi connectivity index (χ0n) is 14.2. The van der Waals surface area contributed by atoms with Gasteiger partial charge in [-0.15, -0.1) is 0 Å². The number of ether oxygens (including phenoxy) is 2. The zero-order valence-corrected chi connectivity index (χ0v) is 14.2. The molecule has 1 saturated heterocycles. The fraction of sp³-hybridized carbons (Fsp3) is 0.350. The van der Waals surface area contributed by atoms with Crippen LogP contribution in [0.1, 0.15) is 18.1 Å². The number of aliphatic hydroxyl groups excluding tert-OH is 1. The second-order valence-corrected chi connectivity index (χ2v) is 6.55. The van der Waals surface area contributed by atoms with Gasteiger partial charge in [-0.05, 0) is 24.5 Å². The van der Waals surface area contributed by atoms with E-state index in [1.165, 1.54) is 0 Å². The number of hydrogen-bond acceptors (Lipinski definition) is 4. The average molecular weight is 341 g/mol. The van der Waals surface area contributed by atoms with E-state index in [2.05, 4.69) is 5.32 Å². The van der Waals surface area contributed by atoms with Gasteiger partial charge in [0, 0.05) is 0 Å². The van der Waals surface area contributed by atoms with Crippen LogP contribution in [0.2, 0.25) is 0 Å². The van der Waals surface area contributed by atoms with Crippen LogP contribution in [0.3, 0.4) is 0 Å². The third-order valence-electron chi connectivity index (χ3n) is 4.42. The molecule has 0 radical (unpaired) electrons. The fourth-order valence-electron chi connectivity index (χ4n) is 2.74. The van der Waals surface area contributed by atoms with E-state index in [0.29, 0.717) is 13.0 Å². The van der Waals surface area contributed by atoms with Gasteiger partial charge in [-0.3, -0.25) is 0 Å². The monoisotopic (exact) mass is 341 g/mol. The molecule has 1 aliphatic rings. The predicted molar refractivity (Wildman–Crippen MR) is 94.1 cm³/mol. The summed E-state index contributed by atoms with van der Waals surface area (Å²) >= 11 is 0. The molecule has 0 bridgehead atoms. The number of epoxide rings is 1. The van der Waals surface area contributed by atoms with Crippen molar-refractivity contribution in [1.82, 2.24) is 5.32 Å². The van der Waals surface area contributed by atoms with Gasteiger partial charge in [0.2, 0.25) is 0 Å².